The average molecular weight is 354 g/mol. The molecular formula is C20H22N2O2S. The molecule has 2 N–H and O–H groups in total. The number of para-hydroxylation sites is 2. The molecule has 1 atom stereocenters. The summed E-state index contributed by atoms with van der Waals surface area (Å²) in [7, 11) is 0. The Balaban J connectivity index is 1.73. The highest BCUT2D eigenvalue weighted by Gasteiger charge is 2.29. The maximum atomic E-state index is 12.6. The van der Waals surface area contributed by atoms with E-state index in [0.717, 1.165) is 27.4 Å². The van der Waals surface area contributed by atoms with Crippen molar-refractivity contribution >= 4 is 35.0 Å². The van der Waals surface area contributed by atoms with Crippen LogP contribution in [0.1, 0.15) is 37.3 Å². The van der Waals surface area contributed by atoms with Gasteiger partial charge in [-0.15, -0.1) is 11.8 Å². The van der Waals surface area contributed by atoms with Crippen LogP contribution < -0.4 is 10.6 Å². The first-order valence-corrected chi connectivity index (χ1v) is 9.29. The second-order valence-corrected chi connectivity index (χ2v) is 7.78. The Morgan fingerprint density at radius 3 is 2.72 bits per heavy atom. The number of thioether (sulfide) groups is 1. The number of carbonyl (C=O) groups excluding carboxylic acids is 2. The third-order valence-electron chi connectivity index (χ3n) is 4.27. The van der Waals surface area contributed by atoms with Crippen molar-refractivity contribution < 1.29 is 9.59 Å². The van der Waals surface area contributed by atoms with E-state index in [2.05, 4.69) is 24.5 Å². The van der Waals surface area contributed by atoms with Gasteiger partial charge in [-0.2, -0.15) is 0 Å². The average Bonchev–Trinajstić information content (AvgIpc) is 2.57. The SMILES string of the molecule is Cc1cccc(C(C)C)c1NC(=O)C[C@@H]1Sc2ccccc2NC1=O. The lowest BCUT2D eigenvalue weighted by Gasteiger charge is -2.24. The third-order valence-corrected chi connectivity index (χ3v) is 5.54. The summed E-state index contributed by atoms with van der Waals surface area (Å²) in [6, 6.07) is 13.7. The molecule has 0 saturated carbocycles. The monoisotopic (exact) mass is 354 g/mol. The van der Waals surface area contributed by atoms with Crippen LogP contribution >= 0.6 is 11.8 Å². The minimum absolute atomic E-state index is 0.118. The fraction of sp³-hybridized carbons (Fsp3) is 0.300. The fourth-order valence-electron chi connectivity index (χ4n) is 2.93. The van der Waals surface area contributed by atoms with Crippen molar-refractivity contribution in [1.29, 1.82) is 0 Å². The van der Waals surface area contributed by atoms with Crippen LogP contribution in [-0.2, 0) is 9.59 Å². The Morgan fingerprint density at radius 2 is 1.96 bits per heavy atom. The van der Waals surface area contributed by atoms with Crippen LogP contribution in [0.4, 0.5) is 11.4 Å². The standard InChI is InChI=1S/C20H22N2O2S/c1-12(2)14-8-6-7-13(3)19(14)22-18(23)11-17-20(24)21-15-9-4-5-10-16(15)25-17/h4-10,12,17H,11H2,1-3H3,(H,21,24)(H,22,23)/t17-/m0/s1. The molecule has 0 radical (unpaired) electrons. The van der Waals surface area contributed by atoms with E-state index in [0.29, 0.717) is 5.92 Å². The molecule has 0 saturated heterocycles. The van der Waals surface area contributed by atoms with E-state index < -0.39 is 5.25 Å². The van der Waals surface area contributed by atoms with Gasteiger partial charge in [0, 0.05) is 17.0 Å². The quantitative estimate of drug-likeness (QED) is 0.846. The highest BCUT2D eigenvalue weighted by Crippen LogP contribution is 2.37. The van der Waals surface area contributed by atoms with Crippen LogP contribution in [0.25, 0.3) is 0 Å². The Labute approximate surface area is 152 Å². The van der Waals surface area contributed by atoms with Crippen LogP contribution in [0.2, 0.25) is 0 Å². The van der Waals surface area contributed by atoms with E-state index in [1.54, 1.807) is 0 Å². The van der Waals surface area contributed by atoms with E-state index in [1.165, 1.54) is 11.8 Å². The molecule has 4 nitrogen and oxygen atoms in total. The molecule has 1 heterocycles. The molecule has 25 heavy (non-hydrogen) atoms. The molecule has 2 amide bonds. The molecule has 130 valence electrons. The van der Waals surface area contributed by atoms with Crippen molar-refractivity contribution in [2.75, 3.05) is 10.6 Å². The van der Waals surface area contributed by atoms with Crippen LogP contribution in [0, 0.1) is 6.92 Å². The van der Waals surface area contributed by atoms with Crippen molar-refractivity contribution in [3.8, 4) is 0 Å². The van der Waals surface area contributed by atoms with Gasteiger partial charge in [0.05, 0.1) is 10.9 Å². The van der Waals surface area contributed by atoms with Crippen LogP contribution in [0.5, 0.6) is 0 Å². The molecule has 1 aliphatic heterocycles. The summed E-state index contributed by atoms with van der Waals surface area (Å²) in [5.74, 6) is 0.0605. The topological polar surface area (TPSA) is 58.2 Å². The predicted octanol–water partition coefficient (Wildman–Crippen LogP) is 4.56. The van der Waals surface area contributed by atoms with Gasteiger partial charge >= 0.3 is 0 Å². The second-order valence-electron chi connectivity index (χ2n) is 6.54. The molecule has 2 aromatic carbocycles. The lowest BCUT2D eigenvalue weighted by Crippen LogP contribution is -2.32. The zero-order valence-electron chi connectivity index (χ0n) is 14.6. The number of amides is 2. The van der Waals surface area contributed by atoms with E-state index in [1.807, 2.05) is 49.4 Å². The first kappa shape index (κ1) is 17.5. The molecular weight excluding hydrogens is 332 g/mol. The number of fused-ring (bicyclic) bond motifs is 1. The van der Waals surface area contributed by atoms with Crippen molar-refractivity contribution in [1.82, 2.24) is 0 Å². The number of nitrogens with one attached hydrogen (secondary N) is 2. The molecule has 0 aliphatic carbocycles. The zero-order valence-corrected chi connectivity index (χ0v) is 15.4. The van der Waals surface area contributed by atoms with Crippen LogP contribution in [0.15, 0.2) is 47.4 Å². The normalized spacial score (nSPS) is 16.3. The van der Waals surface area contributed by atoms with Crippen LogP contribution in [-0.4, -0.2) is 17.1 Å². The third kappa shape index (κ3) is 3.87. The van der Waals surface area contributed by atoms with E-state index in [4.69, 9.17) is 0 Å². The number of rotatable bonds is 4. The zero-order chi connectivity index (χ0) is 18.0. The van der Waals surface area contributed by atoms with E-state index in [-0.39, 0.29) is 18.2 Å². The van der Waals surface area contributed by atoms with Gasteiger partial charge in [0.15, 0.2) is 0 Å². The largest absolute Gasteiger partial charge is 0.326 e. The predicted molar refractivity (Wildman–Crippen MR) is 103 cm³/mol. The first-order chi connectivity index (χ1) is 12.0. The smallest absolute Gasteiger partial charge is 0.238 e. The molecule has 0 aromatic heterocycles. The number of carbonyl (C=O) groups is 2. The van der Waals surface area contributed by atoms with Gasteiger partial charge in [0.2, 0.25) is 11.8 Å². The molecule has 0 unspecified atom stereocenters. The molecule has 0 bridgehead atoms. The van der Waals surface area contributed by atoms with Gasteiger partial charge in [-0.1, -0.05) is 44.2 Å². The summed E-state index contributed by atoms with van der Waals surface area (Å²) in [6.07, 6.45) is 0.150. The minimum Gasteiger partial charge on any atom is -0.326 e. The van der Waals surface area contributed by atoms with Gasteiger partial charge in [0.25, 0.3) is 0 Å². The number of hydrogen-bond acceptors (Lipinski definition) is 3. The maximum absolute atomic E-state index is 12.6. The molecule has 5 heteroatoms. The lowest BCUT2D eigenvalue weighted by atomic mass is 9.98. The van der Waals surface area contributed by atoms with Crippen molar-refractivity contribution in [3.05, 3.63) is 53.6 Å². The summed E-state index contributed by atoms with van der Waals surface area (Å²) >= 11 is 1.45. The van der Waals surface area contributed by atoms with Gasteiger partial charge in [0.1, 0.15) is 0 Å². The highest BCUT2D eigenvalue weighted by atomic mass is 32.2. The summed E-state index contributed by atoms with van der Waals surface area (Å²) < 4.78 is 0. The van der Waals surface area contributed by atoms with Crippen molar-refractivity contribution in [2.24, 2.45) is 0 Å². The van der Waals surface area contributed by atoms with Gasteiger partial charge in [-0.3, -0.25) is 9.59 Å². The number of aryl methyl sites for hydroxylation is 1. The number of anilines is 2. The molecule has 1 aliphatic rings. The van der Waals surface area contributed by atoms with Gasteiger partial charge < -0.3 is 10.6 Å². The van der Waals surface area contributed by atoms with Crippen molar-refractivity contribution in [3.63, 3.8) is 0 Å². The van der Waals surface area contributed by atoms with Gasteiger partial charge in [-0.05, 0) is 36.1 Å². The lowest BCUT2D eigenvalue weighted by molar-refractivity contribution is -0.120. The molecule has 0 fully saturated rings. The van der Waals surface area contributed by atoms with Crippen LogP contribution in [0.3, 0.4) is 0 Å². The molecule has 3 rings (SSSR count). The number of benzene rings is 2. The first-order valence-electron chi connectivity index (χ1n) is 8.41. The Morgan fingerprint density at radius 1 is 1.20 bits per heavy atom. The molecule has 2 aromatic rings. The summed E-state index contributed by atoms with van der Waals surface area (Å²) in [5, 5.41) is 5.48. The van der Waals surface area contributed by atoms with Crippen molar-refractivity contribution in [2.45, 2.75) is 43.3 Å². The van der Waals surface area contributed by atoms with E-state index in [9.17, 15) is 9.59 Å². The Bertz CT molecular complexity index is 817. The van der Waals surface area contributed by atoms with Gasteiger partial charge in [-0.25, -0.2) is 0 Å². The summed E-state index contributed by atoms with van der Waals surface area (Å²) in [4.78, 5) is 25.8. The van der Waals surface area contributed by atoms with E-state index >= 15 is 0 Å². The summed E-state index contributed by atoms with van der Waals surface area (Å²) in [6.45, 7) is 6.19. The Kier molecular flexibility index (Phi) is 5.13. The number of hydrogen-bond donors (Lipinski definition) is 2. The molecule has 0 spiro atoms. The minimum atomic E-state index is -0.415. The second kappa shape index (κ2) is 7.31. The highest BCUT2D eigenvalue weighted by molar-refractivity contribution is 8.01. The fourth-order valence-corrected chi connectivity index (χ4v) is 4.04. The summed E-state index contributed by atoms with van der Waals surface area (Å²) in [5.41, 5.74) is 3.82. The Hall–Kier alpha value is -2.27. The maximum Gasteiger partial charge on any atom is 0.238 e.